The predicted octanol–water partition coefficient (Wildman–Crippen LogP) is 4.13. The Labute approximate surface area is 112 Å². The Morgan fingerprint density at radius 1 is 1.17 bits per heavy atom. The summed E-state index contributed by atoms with van der Waals surface area (Å²) >= 11 is 0. The zero-order chi connectivity index (χ0) is 13.0. The summed E-state index contributed by atoms with van der Waals surface area (Å²) < 4.78 is 0. The molecule has 100 valence electrons. The summed E-state index contributed by atoms with van der Waals surface area (Å²) in [7, 11) is 0. The summed E-state index contributed by atoms with van der Waals surface area (Å²) in [4.78, 5) is 0. The van der Waals surface area contributed by atoms with E-state index < -0.39 is 0 Å². The second-order valence-corrected chi connectivity index (χ2v) is 6.34. The second kappa shape index (κ2) is 5.88. The molecule has 2 atom stereocenters. The van der Waals surface area contributed by atoms with Gasteiger partial charge < -0.3 is 5.32 Å². The molecular formula is C17H27N. The lowest BCUT2D eigenvalue weighted by atomic mass is 9.84. The zero-order valence-electron chi connectivity index (χ0n) is 12.1. The second-order valence-electron chi connectivity index (χ2n) is 6.34. The number of rotatable bonds is 5. The molecule has 0 aliphatic heterocycles. The summed E-state index contributed by atoms with van der Waals surface area (Å²) in [6.07, 6.45) is 5.51. The quantitative estimate of drug-likeness (QED) is 0.822. The van der Waals surface area contributed by atoms with Crippen LogP contribution in [-0.2, 0) is 5.41 Å². The lowest BCUT2D eigenvalue weighted by Crippen LogP contribution is -2.40. The summed E-state index contributed by atoms with van der Waals surface area (Å²) in [6, 6.07) is 11.6. The third-order valence-electron chi connectivity index (χ3n) is 4.54. The fourth-order valence-corrected chi connectivity index (χ4v) is 3.17. The maximum atomic E-state index is 3.82. The molecule has 1 N–H and O–H groups in total. The Hall–Kier alpha value is -0.820. The summed E-state index contributed by atoms with van der Waals surface area (Å²) in [6.45, 7) is 8.08. The molecule has 0 spiro atoms. The molecule has 0 heterocycles. The van der Waals surface area contributed by atoms with Gasteiger partial charge in [-0.25, -0.2) is 0 Å². The van der Waals surface area contributed by atoms with E-state index in [4.69, 9.17) is 0 Å². The van der Waals surface area contributed by atoms with Crippen LogP contribution in [0.25, 0.3) is 0 Å². The first-order valence-electron chi connectivity index (χ1n) is 7.42. The van der Waals surface area contributed by atoms with Gasteiger partial charge in [-0.3, -0.25) is 0 Å². The normalized spacial score (nSPS) is 24.4. The third kappa shape index (κ3) is 3.14. The Kier molecular flexibility index (Phi) is 4.45. The molecule has 0 saturated heterocycles. The number of hydrogen-bond acceptors (Lipinski definition) is 1. The molecular weight excluding hydrogens is 218 g/mol. The van der Waals surface area contributed by atoms with Gasteiger partial charge in [0.15, 0.2) is 0 Å². The molecule has 1 saturated carbocycles. The molecule has 0 amide bonds. The molecule has 1 aromatic rings. The Balaban J connectivity index is 1.93. The van der Waals surface area contributed by atoms with E-state index in [2.05, 4.69) is 56.4 Å². The number of nitrogens with one attached hydrogen (secondary N) is 1. The SMILES string of the molecule is CCC1CCCC1NCC(C)(C)c1ccccc1. The molecule has 1 aliphatic rings. The highest BCUT2D eigenvalue weighted by molar-refractivity contribution is 5.23. The van der Waals surface area contributed by atoms with Gasteiger partial charge in [0, 0.05) is 18.0 Å². The van der Waals surface area contributed by atoms with E-state index in [0.29, 0.717) is 0 Å². The van der Waals surface area contributed by atoms with Gasteiger partial charge in [0.1, 0.15) is 0 Å². The minimum atomic E-state index is 0.224. The van der Waals surface area contributed by atoms with E-state index >= 15 is 0 Å². The van der Waals surface area contributed by atoms with Crippen molar-refractivity contribution in [1.29, 1.82) is 0 Å². The van der Waals surface area contributed by atoms with Crippen molar-refractivity contribution in [2.24, 2.45) is 5.92 Å². The van der Waals surface area contributed by atoms with Crippen LogP contribution in [0.1, 0.15) is 52.0 Å². The van der Waals surface area contributed by atoms with Crippen LogP contribution >= 0.6 is 0 Å². The molecule has 2 rings (SSSR count). The molecule has 18 heavy (non-hydrogen) atoms. The molecule has 1 heteroatoms. The first kappa shape index (κ1) is 13.6. The van der Waals surface area contributed by atoms with E-state index in [0.717, 1.165) is 18.5 Å². The van der Waals surface area contributed by atoms with Crippen LogP contribution in [0.3, 0.4) is 0 Å². The van der Waals surface area contributed by atoms with E-state index in [9.17, 15) is 0 Å². The van der Waals surface area contributed by atoms with E-state index in [1.54, 1.807) is 0 Å². The van der Waals surface area contributed by atoms with Crippen molar-refractivity contribution < 1.29 is 0 Å². The monoisotopic (exact) mass is 245 g/mol. The van der Waals surface area contributed by atoms with Gasteiger partial charge in [0.05, 0.1) is 0 Å². The number of benzene rings is 1. The van der Waals surface area contributed by atoms with Gasteiger partial charge in [0.2, 0.25) is 0 Å². The van der Waals surface area contributed by atoms with E-state index in [1.165, 1.54) is 31.2 Å². The standard InChI is InChI=1S/C17H27N/c1-4-14-9-8-12-16(14)18-13-17(2,3)15-10-6-5-7-11-15/h5-7,10-11,14,16,18H,4,8-9,12-13H2,1-3H3. The minimum absolute atomic E-state index is 0.224. The van der Waals surface area contributed by atoms with Crippen molar-refractivity contribution in [3.63, 3.8) is 0 Å². The highest BCUT2D eigenvalue weighted by atomic mass is 14.9. The lowest BCUT2D eigenvalue weighted by molar-refractivity contribution is 0.352. The zero-order valence-corrected chi connectivity index (χ0v) is 12.1. The third-order valence-corrected chi connectivity index (χ3v) is 4.54. The lowest BCUT2D eigenvalue weighted by Gasteiger charge is -2.29. The van der Waals surface area contributed by atoms with E-state index in [1.807, 2.05) is 0 Å². The Bertz CT molecular complexity index is 355. The molecule has 1 fully saturated rings. The molecule has 0 radical (unpaired) electrons. The molecule has 0 aromatic heterocycles. The minimum Gasteiger partial charge on any atom is -0.313 e. The number of hydrogen-bond donors (Lipinski definition) is 1. The van der Waals surface area contributed by atoms with Crippen molar-refractivity contribution >= 4 is 0 Å². The van der Waals surface area contributed by atoms with Gasteiger partial charge in [-0.05, 0) is 24.3 Å². The van der Waals surface area contributed by atoms with Crippen LogP contribution in [0.2, 0.25) is 0 Å². The van der Waals surface area contributed by atoms with E-state index in [-0.39, 0.29) is 5.41 Å². The Morgan fingerprint density at radius 2 is 1.89 bits per heavy atom. The van der Waals surface area contributed by atoms with Gasteiger partial charge >= 0.3 is 0 Å². The van der Waals surface area contributed by atoms with Crippen LogP contribution in [0.15, 0.2) is 30.3 Å². The van der Waals surface area contributed by atoms with Gasteiger partial charge in [-0.1, -0.05) is 63.9 Å². The summed E-state index contributed by atoms with van der Waals surface area (Å²) in [5.41, 5.74) is 1.66. The maximum absolute atomic E-state index is 3.82. The highest BCUT2D eigenvalue weighted by Gasteiger charge is 2.28. The molecule has 1 aliphatic carbocycles. The van der Waals surface area contributed by atoms with Crippen molar-refractivity contribution in [3.05, 3.63) is 35.9 Å². The van der Waals surface area contributed by atoms with Gasteiger partial charge in [-0.15, -0.1) is 0 Å². The first-order chi connectivity index (χ1) is 8.63. The van der Waals surface area contributed by atoms with Crippen molar-refractivity contribution in [2.45, 2.75) is 57.9 Å². The maximum Gasteiger partial charge on any atom is 0.00955 e. The van der Waals surface area contributed by atoms with Crippen LogP contribution in [-0.4, -0.2) is 12.6 Å². The van der Waals surface area contributed by atoms with Gasteiger partial charge in [-0.2, -0.15) is 0 Å². The molecule has 1 nitrogen and oxygen atoms in total. The predicted molar refractivity (Wildman–Crippen MR) is 78.9 cm³/mol. The summed E-state index contributed by atoms with van der Waals surface area (Å²) in [5, 5.41) is 3.82. The highest BCUT2D eigenvalue weighted by Crippen LogP contribution is 2.29. The largest absolute Gasteiger partial charge is 0.313 e. The topological polar surface area (TPSA) is 12.0 Å². The fraction of sp³-hybridized carbons (Fsp3) is 0.647. The molecule has 1 aromatic carbocycles. The fourth-order valence-electron chi connectivity index (χ4n) is 3.17. The van der Waals surface area contributed by atoms with Crippen LogP contribution in [0.4, 0.5) is 0 Å². The first-order valence-corrected chi connectivity index (χ1v) is 7.42. The van der Waals surface area contributed by atoms with Crippen LogP contribution in [0.5, 0.6) is 0 Å². The van der Waals surface area contributed by atoms with Crippen LogP contribution in [0, 0.1) is 5.92 Å². The molecule has 0 bridgehead atoms. The van der Waals surface area contributed by atoms with Crippen molar-refractivity contribution in [3.8, 4) is 0 Å². The smallest absolute Gasteiger partial charge is 0.00955 e. The van der Waals surface area contributed by atoms with Crippen molar-refractivity contribution in [1.82, 2.24) is 5.32 Å². The average Bonchev–Trinajstić information content (AvgIpc) is 2.85. The van der Waals surface area contributed by atoms with Gasteiger partial charge in [0.25, 0.3) is 0 Å². The Morgan fingerprint density at radius 3 is 2.56 bits per heavy atom. The molecule has 2 unspecified atom stereocenters. The summed E-state index contributed by atoms with van der Waals surface area (Å²) in [5.74, 6) is 0.900. The van der Waals surface area contributed by atoms with Crippen molar-refractivity contribution in [2.75, 3.05) is 6.54 Å². The van der Waals surface area contributed by atoms with Crippen LogP contribution < -0.4 is 5.32 Å². The average molecular weight is 245 g/mol.